The smallest absolute Gasteiger partial charge is 0.407 e. The molecule has 0 fully saturated rings. The number of aromatic nitrogens is 1. The van der Waals surface area contributed by atoms with E-state index in [1.54, 1.807) is 30.9 Å². The third kappa shape index (κ3) is 3.92. The lowest BCUT2D eigenvalue weighted by molar-refractivity contribution is -0.135. The Kier molecular flexibility index (Phi) is 5.67. The van der Waals surface area contributed by atoms with Crippen LogP contribution >= 0.6 is 23.2 Å². The van der Waals surface area contributed by atoms with Gasteiger partial charge < -0.3 is 14.6 Å². The summed E-state index contributed by atoms with van der Waals surface area (Å²) in [5.74, 6) is -0.241. The Labute approximate surface area is 167 Å². The highest BCUT2D eigenvalue weighted by molar-refractivity contribution is 6.42. The number of carbonyl (C=O) groups excluding carboxylic acids is 1. The topological polar surface area (TPSA) is 65.8 Å². The van der Waals surface area contributed by atoms with Crippen molar-refractivity contribution in [1.82, 2.24) is 14.4 Å². The average Bonchev–Trinajstić information content (AvgIpc) is 3.09. The number of hydrogen-bond acceptors (Lipinski definition) is 2. The highest BCUT2D eigenvalue weighted by Gasteiger charge is 2.34. The summed E-state index contributed by atoms with van der Waals surface area (Å²) in [5.41, 5.74) is 1.79. The standard InChI is InChI=1S/C19H21Cl2N3O3/c1-12(2)24(19(26)27)11-17(25)23-9-8-22-7-3-4-16(22)18(23)13-5-6-14(20)15(21)10-13/h3-7,10,12,18H,8-9,11H2,1-2H3,(H,26,27). The van der Waals surface area contributed by atoms with Gasteiger partial charge in [0.25, 0.3) is 0 Å². The fourth-order valence-electron chi connectivity index (χ4n) is 3.39. The molecular weight excluding hydrogens is 389 g/mol. The van der Waals surface area contributed by atoms with Gasteiger partial charge in [-0.15, -0.1) is 0 Å². The van der Waals surface area contributed by atoms with Gasteiger partial charge in [-0.25, -0.2) is 4.79 Å². The molecule has 8 heteroatoms. The minimum absolute atomic E-state index is 0.189. The van der Waals surface area contributed by atoms with E-state index < -0.39 is 6.09 Å². The molecule has 1 N–H and O–H groups in total. The molecule has 27 heavy (non-hydrogen) atoms. The Hall–Kier alpha value is -2.18. The Morgan fingerprint density at radius 1 is 1.22 bits per heavy atom. The van der Waals surface area contributed by atoms with Crippen LogP contribution in [-0.2, 0) is 11.3 Å². The maximum Gasteiger partial charge on any atom is 0.407 e. The lowest BCUT2D eigenvalue weighted by atomic mass is 9.99. The van der Waals surface area contributed by atoms with Gasteiger partial charge >= 0.3 is 6.09 Å². The van der Waals surface area contributed by atoms with Crippen LogP contribution in [0.4, 0.5) is 4.79 Å². The molecule has 3 rings (SSSR count). The molecule has 1 atom stereocenters. The maximum absolute atomic E-state index is 13.0. The van der Waals surface area contributed by atoms with Gasteiger partial charge in [-0.2, -0.15) is 0 Å². The molecule has 6 nitrogen and oxygen atoms in total. The molecular formula is C19H21Cl2N3O3. The van der Waals surface area contributed by atoms with E-state index in [0.717, 1.165) is 16.2 Å². The van der Waals surface area contributed by atoms with Crippen molar-refractivity contribution in [3.05, 3.63) is 57.8 Å². The van der Waals surface area contributed by atoms with Gasteiger partial charge in [0.2, 0.25) is 5.91 Å². The third-order valence-electron chi connectivity index (χ3n) is 4.79. The van der Waals surface area contributed by atoms with Crippen molar-refractivity contribution in [2.45, 2.75) is 32.5 Å². The second kappa shape index (κ2) is 7.82. The molecule has 144 valence electrons. The molecule has 0 radical (unpaired) electrons. The normalized spacial score (nSPS) is 16.3. The van der Waals surface area contributed by atoms with Gasteiger partial charge in [-0.3, -0.25) is 9.69 Å². The van der Waals surface area contributed by atoms with Crippen LogP contribution in [0.25, 0.3) is 0 Å². The predicted molar refractivity (Wildman–Crippen MR) is 104 cm³/mol. The van der Waals surface area contributed by atoms with Crippen LogP contribution in [0.1, 0.15) is 31.1 Å². The van der Waals surface area contributed by atoms with E-state index in [-0.39, 0.29) is 24.5 Å². The van der Waals surface area contributed by atoms with Crippen molar-refractivity contribution in [2.75, 3.05) is 13.1 Å². The van der Waals surface area contributed by atoms with Crippen LogP contribution in [0.5, 0.6) is 0 Å². The molecule has 0 saturated carbocycles. The van der Waals surface area contributed by atoms with Crippen molar-refractivity contribution >= 4 is 35.2 Å². The number of nitrogens with zero attached hydrogens (tertiary/aromatic N) is 3. The molecule has 0 bridgehead atoms. The van der Waals surface area contributed by atoms with Crippen LogP contribution in [-0.4, -0.2) is 50.6 Å². The largest absolute Gasteiger partial charge is 0.465 e. The van der Waals surface area contributed by atoms with Gasteiger partial charge in [-0.05, 0) is 43.7 Å². The average molecular weight is 410 g/mol. The molecule has 2 heterocycles. The van der Waals surface area contributed by atoms with E-state index >= 15 is 0 Å². The molecule has 1 unspecified atom stereocenters. The number of amides is 2. The second-order valence-electron chi connectivity index (χ2n) is 6.79. The molecule has 0 spiro atoms. The fourth-order valence-corrected chi connectivity index (χ4v) is 3.70. The first kappa shape index (κ1) is 19.6. The minimum atomic E-state index is -1.11. The van der Waals surface area contributed by atoms with Crippen LogP contribution in [0.2, 0.25) is 10.0 Å². The molecule has 2 amide bonds. The first-order valence-corrected chi connectivity index (χ1v) is 9.44. The zero-order valence-electron chi connectivity index (χ0n) is 15.1. The summed E-state index contributed by atoms with van der Waals surface area (Å²) in [6, 6.07) is 8.58. The quantitative estimate of drug-likeness (QED) is 0.825. The van der Waals surface area contributed by atoms with Gasteiger partial charge in [0.05, 0.1) is 16.1 Å². The number of benzene rings is 1. The maximum atomic E-state index is 13.0. The van der Waals surface area contributed by atoms with E-state index in [9.17, 15) is 14.7 Å². The zero-order chi connectivity index (χ0) is 19.7. The Balaban J connectivity index is 1.96. The number of halogens is 2. The van der Waals surface area contributed by atoms with Gasteiger partial charge in [0.1, 0.15) is 6.54 Å². The van der Waals surface area contributed by atoms with Gasteiger partial charge in [0, 0.05) is 31.0 Å². The highest BCUT2D eigenvalue weighted by atomic mass is 35.5. The fraction of sp³-hybridized carbons (Fsp3) is 0.368. The summed E-state index contributed by atoms with van der Waals surface area (Å²) in [7, 11) is 0. The summed E-state index contributed by atoms with van der Waals surface area (Å²) in [5, 5.41) is 10.2. The van der Waals surface area contributed by atoms with Crippen molar-refractivity contribution in [3.8, 4) is 0 Å². The summed E-state index contributed by atoms with van der Waals surface area (Å²) in [4.78, 5) is 27.4. The van der Waals surface area contributed by atoms with Gasteiger partial charge in [-0.1, -0.05) is 29.3 Å². The summed E-state index contributed by atoms with van der Waals surface area (Å²) < 4.78 is 2.09. The molecule has 0 saturated heterocycles. The highest BCUT2D eigenvalue weighted by Crippen LogP contribution is 2.35. The minimum Gasteiger partial charge on any atom is -0.465 e. The molecule has 1 aliphatic heterocycles. The number of carbonyl (C=O) groups is 2. The molecule has 2 aromatic rings. The van der Waals surface area contributed by atoms with Crippen molar-refractivity contribution in [3.63, 3.8) is 0 Å². The number of rotatable bonds is 4. The lowest BCUT2D eigenvalue weighted by Crippen LogP contribution is -2.49. The van der Waals surface area contributed by atoms with Crippen LogP contribution < -0.4 is 0 Å². The Morgan fingerprint density at radius 3 is 2.59 bits per heavy atom. The molecule has 1 aromatic heterocycles. The SMILES string of the molecule is CC(C)N(CC(=O)N1CCn2cccc2C1c1ccc(Cl)c(Cl)c1)C(=O)O. The number of carboxylic acid groups (broad SMARTS) is 1. The summed E-state index contributed by atoms with van der Waals surface area (Å²) in [6.45, 7) is 4.45. The molecule has 1 aliphatic rings. The first-order chi connectivity index (χ1) is 12.8. The number of hydrogen-bond donors (Lipinski definition) is 1. The van der Waals surface area contributed by atoms with Crippen LogP contribution in [0.15, 0.2) is 36.5 Å². The first-order valence-electron chi connectivity index (χ1n) is 8.68. The second-order valence-corrected chi connectivity index (χ2v) is 7.61. The third-order valence-corrected chi connectivity index (χ3v) is 5.53. The Bertz CT molecular complexity index is 866. The lowest BCUT2D eigenvalue weighted by Gasteiger charge is -2.38. The van der Waals surface area contributed by atoms with Gasteiger partial charge in [0.15, 0.2) is 0 Å². The monoisotopic (exact) mass is 409 g/mol. The summed E-state index contributed by atoms with van der Waals surface area (Å²) >= 11 is 12.2. The van der Waals surface area contributed by atoms with E-state index in [2.05, 4.69) is 4.57 Å². The van der Waals surface area contributed by atoms with Crippen LogP contribution in [0.3, 0.4) is 0 Å². The molecule has 1 aromatic carbocycles. The zero-order valence-corrected chi connectivity index (χ0v) is 16.6. The van der Waals surface area contributed by atoms with E-state index in [1.165, 1.54) is 0 Å². The molecule has 0 aliphatic carbocycles. The van der Waals surface area contributed by atoms with E-state index in [1.807, 2.05) is 24.4 Å². The number of fused-ring (bicyclic) bond motifs is 1. The predicted octanol–water partition coefficient (Wildman–Crippen LogP) is 4.11. The summed E-state index contributed by atoms with van der Waals surface area (Å²) in [6.07, 6.45) is 0.865. The van der Waals surface area contributed by atoms with Crippen molar-refractivity contribution in [1.29, 1.82) is 0 Å². The van der Waals surface area contributed by atoms with Crippen molar-refractivity contribution in [2.24, 2.45) is 0 Å². The van der Waals surface area contributed by atoms with E-state index in [0.29, 0.717) is 23.1 Å². The van der Waals surface area contributed by atoms with Crippen molar-refractivity contribution < 1.29 is 14.7 Å². The van der Waals surface area contributed by atoms with Crippen LogP contribution in [0, 0.1) is 0 Å². The Morgan fingerprint density at radius 2 is 1.96 bits per heavy atom. The van der Waals surface area contributed by atoms with E-state index in [4.69, 9.17) is 23.2 Å².